The molecule has 1 aliphatic rings. The minimum Gasteiger partial charge on any atom is -0.459 e. The maximum atomic E-state index is 13.1. The highest BCUT2D eigenvalue weighted by atomic mass is 32.2. The molecule has 0 spiro atoms. The van der Waals surface area contributed by atoms with Crippen LogP contribution in [0.1, 0.15) is 22.2 Å². The summed E-state index contributed by atoms with van der Waals surface area (Å²) in [6.07, 6.45) is 1.36. The van der Waals surface area contributed by atoms with Crippen molar-refractivity contribution < 1.29 is 22.4 Å². The van der Waals surface area contributed by atoms with Crippen LogP contribution < -0.4 is 15.4 Å². The van der Waals surface area contributed by atoms with E-state index in [1.165, 1.54) is 35.4 Å². The highest BCUT2D eigenvalue weighted by molar-refractivity contribution is 7.89. The third-order valence-electron chi connectivity index (χ3n) is 4.39. The van der Waals surface area contributed by atoms with Crippen molar-refractivity contribution in [1.82, 2.24) is 0 Å². The van der Waals surface area contributed by atoms with Crippen LogP contribution in [0.25, 0.3) is 0 Å². The third kappa shape index (κ3) is 3.06. The SMILES string of the molecule is NS(=O)(=O)c1ccc2c(c1)NC(=O)C(c1ccccc1)N2C(=O)c1ccco1. The average Bonchev–Trinajstić information content (AvgIpc) is 3.20. The van der Waals surface area contributed by atoms with Crippen molar-refractivity contribution in [2.75, 3.05) is 10.2 Å². The largest absolute Gasteiger partial charge is 0.459 e. The third-order valence-corrected chi connectivity index (χ3v) is 5.30. The fourth-order valence-electron chi connectivity index (χ4n) is 3.14. The van der Waals surface area contributed by atoms with Crippen LogP contribution in [0.2, 0.25) is 0 Å². The number of carbonyl (C=O) groups is 2. The predicted molar refractivity (Wildman–Crippen MR) is 101 cm³/mol. The van der Waals surface area contributed by atoms with Gasteiger partial charge in [-0.1, -0.05) is 30.3 Å². The van der Waals surface area contributed by atoms with Crippen molar-refractivity contribution in [2.24, 2.45) is 5.14 Å². The minimum atomic E-state index is -3.97. The van der Waals surface area contributed by atoms with E-state index in [0.717, 1.165) is 0 Å². The Morgan fingerprint density at radius 1 is 1.07 bits per heavy atom. The van der Waals surface area contributed by atoms with Gasteiger partial charge >= 0.3 is 0 Å². The van der Waals surface area contributed by atoms with Crippen LogP contribution in [0.4, 0.5) is 11.4 Å². The molecule has 1 atom stereocenters. The summed E-state index contributed by atoms with van der Waals surface area (Å²) in [6.45, 7) is 0. The molecule has 28 heavy (non-hydrogen) atoms. The Kier molecular flexibility index (Phi) is 4.25. The average molecular weight is 397 g/mol. The molecule has 9 heteroatoms. The van der Waals surface area contributed by atoms with Gasteiger partial charge in [0.15, 0.2) is 5.76 Å². The number of furan rings is 1. The Labute approximate surface area is 160 Å². The lowest BCUT2D eigenvalue weighted by molar-refractivity contribution is -0.117. The van der Waals surface area contributed by atoms with Crippen LogP contribution in [0, 0.1) is 0 Å². The Bertz CT molecular complexity index is 1160. The van der Waals surface area contributed by atoms with Gasteiger partial charge in [-0.25, -0.2) is 13.6 Å². The molecule has 0 bridgehead atoms. The second-order valence-electron chi connectivity index (χ2n) is 6.18. The Balaban J connectivity index is 1.90. The number of fused-ring (bicyclic) bond motifs is 1. The highest BCUT2D eigenvalue weighted by Crippen LogP contribution is 2.40. The van der Waals surface area contributed by atoms with Gasteiger partial charge in [-0.05, 0) is 35.9 Å². The molecular formula is C19H15N3O5S. The number of carbonyl (C=O) groups excluding carboxylic acids is 2. The van der Waals surface area contributed by atoms with Crippen LogP contribution in [0.5, 0.6) is 0 Å². The maximum Gasteiger partial charge on any atom is 0.295 e. The first-order chi connectivity index (χ1) is 13.4. The lowest BCUT2D eigenvalue weighted by Gasteiger charge is -2.36. The van der Waals surface area contributed by atoms with Gasteiger partial charge in [-0.15, -0.1) is 0 Å². The predicted octanol–water partition coefficient (Wildman–Crippen LogP) is 2.27. The van der Waals surface area contributed by atoms with Gasteiger partial charge in [0.05, 0.1) is 22.5 Å². The number of nitrogens with one attached hydrogen (secondary N) is 1. The zero-order valence-electron chi connectivity index (χ0n) is 14.4. The van der Waals surface area contributed by atoms with Gasteiger partial charge in [0, 0.05) is 0 Å². The lowest BCUT2D eigenvalue weighted by Crippen LogP contribution is -2.45. The lowest BCUT2D eigenvalue weighted by atomic mass is 9.99. The van der Waals surface area contributed by atoms with E-state index >= 15 is 0 Å². The molecule has 2 amide bonds. The molecule has 2 aromatic carbocycles. The Morgan fingerprint density at radius 2 is 1.82 bits per heavy atom. The summed E-state index contributed by atoms with van der Waals surface area (Å²) < 4.78 is 28.5. The number of nitrogens with two attached hydrogens (primary N) is 1. The minimum absolute atomic E-state index is 0.0529. The van der Waals surface area contributed by atoms with Gasteiger partial charge in [0.25, 0.3) is 11.8 Å². The first-order valence-electron chi connectivity index (χ1n) is 8.26. The zero-order chi connectivity index (χ0) is 19.9. The summed E-state index contributed by atoms with van der Waals surface area (Å²) in [5, 5.41) is 7.85. The van der Waals surface area contributed by atoms with Crippen LogP contribution in [-0.2, 0) is 14.8 Å². The van der Waals surface area contributed by atoms with Gasteiger partial charge in [0.1, 0.15) is 6.04 Å². The number of rotatable bonds is 3. The topological polar surface area (TPSA) is 123 Å². The standard InChI is InChI=1S/C19H15N3O5S/c20-28(25,26)13-8-9-15-14(11-13)21-18(23)17(12-5-2-1-3-6-12)22(15)19(24)16-7-4-10-27-16/h1-11,17H,(H,21,23)(H2,20,25,26). The van der Waals surface area contributed by atoms with E-state index in [1.807, 2.05) is 0 Å². The number of hydrogen-bond acceptors (Lipinski definition) is 5. The fourth-order valence-corrected chi connectivity index (χ4v) is 3.68. The van der Waals surface area contributed by atoms with E-state index in [0.29, 0.717) is 11.3 Å². The molecule has 142 valence electrons. The summed E-state index contributed by atoms with van der Waals surface area (Å²) >= 11 is 0. The van der Waals surface area contributed by atoms with Gasteiger partial charge in [-0.2, -0.15) is 0 Å². The summed E-state index contributed by atoms with van der Waals surface area (Å²) in [5.74, 6) is -0.958. The molecule has 1 aromatic heterocycles. The Hall–Kier alpha value is -3.43. The molecule has 0 saturated carbocycles. The van der Waals surface area contributed by atoms with E-state index in [1.54, 1.807) is 36.4 Å². The number of benzene rings is 2. The van der Waals surface area contributed by atoms with E-state index in [9.17, 15) is 18.0 Å². The molecule has 0 radical (unpaired) electrons. The molecule has 0 aliphatic carbocycles. The van der Waals surface area contributed by atoms with Crippen molar-refractivity contribution in [3.05, 3.63) is 78.3 Å². The molecule has 8 nitrogen and oxygen atoms in total. The van der Waals surface area contributed by atoms with Crippen LogP contribution in [-0.4, -0.2) is 20.2 Å². The van der Waals surface area contributed by atoms with Crippen LogP contribution in [0.15, 0.2) is 76.2 Å². The van der Waals surface area contributed by atoms with Crippen molar-refractivity contribution >= 4 is 33.2 Å². The van der Waals surface area contributed by atoms with E-state index in [-0.39, 0.29) is 16.3 Å². The van der Waals surface area contributed by atoms with E-state index in [4.69, 9.17) is 9.56 Å². The molecular weight excluding hydrogens is 382 g/mol. The number of nitrogens with zero attached hydrogens (tertiary/aromatic N) is 1. The van der Waals surface area contributed by atoms with Crippen molar-refractivity contribution in [3.8, 4) is 0 Å². The summed E-state index contributed by atoms with van der Waals surface area (Å²) in [4.78, 5) is 27.1. The van der Waals surface area contributed by atoms with Gasteiger partial charge in [0.2, 0.25) is 10.0 Å². The smallest absolute Gasteiger partial charge is 0.295 e. The normalized spacial score (nSPS) is 16.4. The van der Waals surface area contributed by atoms with Crippen molar-refractivity contribution in [2.45, 2.75) is 10.9 Å². The molecule has 3 aromatic rings. The molecule has 4 rings (SSSR count). The molecule has 0 saturated heterocycles. The number of sulfonamides is 1. The first-order valence-corrected chi connectivity index (χ1v) is 9.80. The number of primary sulfonamides is 1. The molecule has 0 fully saturated rings. The summed E-state index contributed by atoms with van der Waals surface area (Å²) in [7, 11) is -3.97. The van der Waals surface area contributed by atoms with Crippen LogP contribution >= 0.6 is 0 Å². The molecule has 3 N–H and O–H groups in total. The van der Waals surface area contributed by atoms with E-state index in [2.05, 4.69) is 5.32 Å². The van der Waals surface area contributed by atoms with E-state index < -0.39 is 27.9 Å². The monoisotopic (exact) mass is 397 g/mol. The second kappa shape index (κ2) is 6.63. The zero-order valence-corrected chi connectivity index (χ0v) is 15.2. The van der Waals surface area contributed by atoms with Crippen molar-refractivity contribution in [3.63, 3.8) is 0 Å². The fraction of sp³-hybridized carbons (Fsp3) is 0.0526. The molecule has 2 heterocycles. The second-order valence-corrected chi connectivity index (χ2v) is 7.74. The van der Waals surface area contributed by atoms with Gasteiger partial charge < -0.3 is 9.73 Å². The summed E-state index contributed by atoms with van der Waals surface area (Å²) in [5.41, 5.74) is 1.10. The maximum absolute atomic E-state index is 13.1. The van der Waals surface area contributed by atoms with Crippen LogP contribution in [0.3, 0.4) is 0 Å². The highest BCUT2D eigenvalue weighted by Gasteiger charge is 2.39. The van der Waals surface area contributed by atoms with Crippen molar-refractivity contribution in [1.29, 1.82) is 0 Å². The number of amides is 2. The quantitative estimate of drug-likeness (QED) is 0.702. The first kappa shape index (κ1) is 18.0. The number of hydrogen-bond donors (Lipinski definition) is 2. The number of anilines is 2. The van der Waals surface area contributed by atoms with Gasteiger partial charge in [-0.3, -0.25) is 14.5 Å². The Morgan fingerprint density at radius 3 is 2.46 bits per heavy atom. The molecule has 1 unspecified atom stereocenters. The summed E-state index contributed by atoms with van der Waals surface area (Å²) in [6, 6.07) is 14.9. The molecule has 1 aliphatic heterocycles.